The van der Waals surface area contributed by atoms with E-state index in [1.54, 1.807) is 49.6 Å². The Morgan fingerprint density at radius 2 is 1.70 bits per heavy atom. The van der Waals surface area contributed by atoms with Crippen LogP contribution in [0.1, 0.15) is 12.5 Å². The first kappa shape index (κ1) is 21.7. The molecule has 0 aromatic heterocycles. The molecule has 30 heavy (non-hydrogen) atoms. The number of amides is 2. The summed E-state index contributed by atoms with van der Waals surface area (Å²) in [5, 5.41) is 2.69. The molecule has 1 aliphatic rings. The number of ether oxygens (including phenoxy) is 3. The van der Waals surface area contributed by atoms with Gasteiger partial charge in [0.1, 0.15) is 0 Å². The maximum atomic E-state index is 13.0. The third-order valence-corrected chi connectivity index (χ3v) is 5.56. The SMILES string of the molecule is COc1ccc(/C=C2\SC(=S)N(c3ccc(NC(C)=O)cc3)C2=O)c(OC)c1OC. The molecular formula is C21H20N2O5S2. The van der Waals surface area contributed by atoms with Gasteiger partial charge in [0.2, 0.25) is 11.7 Å². The van der Waals surface area contributed by atoms with Crippen LogP contribution in [0.4, 0.5) is 11.4 Å². The van der Waals surface area contributed by atoms with Crippen molar-refractivity contribution in [2.24, 2.45) is 0 Å². The van der Waals surface area contributed by atoms with Crippen molar-refractivity contribution >= 4 is 57.6 Å². The second-order valence-electron chi connectivity index (χ2n) is 6.17. The van der Waals surface area contributed by atoms with Gasteiger partial charge < -0.3 is 19.5 Å². The lowest BCUT2D eigenvalue weighted by Crippen LogP contribution is -2.27. The number of hydrogen-bond donors (Lipinski definition) is 1. The molecule has 0 aliphatic carbocycles. The fourth-order valence-electron chi connectivity index (χ4n) is 2.97. The van der Waals surface area contributed by atoms with Gasteiger partial charge in [-0.25, -0.2) is 0 Å². The van der Waals surface area contributed by atoms with Gasteiger partial charge in [0.15, 0.2) is 15.8 Å². The molecule has 1 saturated heterocycles. The predicted octanol–water partition coefficient (Wildman–Crippen LogP) is 4.08. The Kier molecular flexibility index (Phi) is 6.63. The Hall–Kier alpha value is -3.04. The van der Waals surface area contributed by atoms with Gasteiger partial charge in [-0.3, -0.25) is 14.5 Å². The summed E-state index contributed by atoms with van der Waals surface area (Å²) in [4.78, 5) is 26.1. The Morgan fingerprint density at radius 3 is 2.27 bits per heavy atom. The molecule has 9 heteroatoms. The minimum atomic E-state index is -0.242. The third-order valence-electron chi connectivity index (χ3n) is 4.26. The van der Waals surface area contributed by atoms with E-state index in [1.165, 1.54) is 37.8 Å². The van der Waals surface area contributed by atoms with Crippen molar-refractivity contribution in [3.8, 4) is 17.2 Å². The summed E-state index contributed by atoms with van der Waals surface area (Å²) in [6.45, 7) is 1.43. The third kappa shape index (κ3) is 4.27. The van der Waals surface area contributed by atoms with Crippen LogP contribution >= 0.6 is 24.0 Å². The first-order chi connectivity index (χ1) is 14.4. The first-order valence-corrected chi connectivity index (χ1v) is 10.1. The number of carbonyl (C=O) groups is 2. The lowest BCUT2D eigenvalue weighted by Gasteiger charge is -2.15. The molecule has 1 heterocycles. The number of carbonyl (C=O) groups excluding carboxylic acids is 2. The molecule has 2 amide bonds. The predicted molar refractivity (Wildman–Crippen MR) is 122 cm³/mol. The lowest BCUT2D eigenvalue weighted by atomic mass is 10.1. The van der Waals surface area contributed by atoms with Crippen LogP contribution in [0.5, 0.6) is 17.2 Å². The highest BCUT2D eigenvalue weighted by molar-refractivity contribution is 8.27. The second kappa shape index (κ2) is 9.19. The summed E-state index contributed by atoms with van der Waals surface area (Å²) in [7, 11) is 4.59. The molecule has 0 bridgehead atoms. The van der Waals surface area contributed by atoms with E-state index in [0.29, 0.717) is 43.4 Å². The zero-order valence-corrected chi connectivity index (χ0v) is 18.5. The number of nitrogens with zero attached hydrogens (tertiary/aromatic N) is 1. The average Bonchev–Trinajstić information content (AvgIpc) is 3.00. The largest absolute Gasteiger partial charge is 0.493 e. The molecule has 1 N–H and O–H groups in total. The van der Waals surface area contributed by atoms with Crippen molar-refractivity contribution < 1.29 is 23.8 Å². The summed E-state index contributed by atoms with van der Waals surface area (Å²) < 4.78 is 16.6. The van der Waals surface area contributed by atoms with Crippen LogP contribution < -0.4 is 24.4 Å². The maximum absolute atomic E-state index is 13.0. The zero-order valence-electron chi connectivity index (χ0n) is 16.8. The number of rotatable bonds is 6. The van der Waals surface area contributed by atoms with E-state index >= 15 is 0 Å². The molecule has 1 aliphatic heterocycles. The van der Waals surface area contributed by atoms with Crippen LogP contribution in [0.25, 0.3) is 6.08 Å². The van der Waals surface area contributed by atoms with Crippen molar-refractivity contribution in [3.05, 3.63) is 46.9 Å². The molecule has 2 aromatic rings. The van der Waals surface area contributed by atoms with Crippen LogP contribution in [0.15, 0.2) is 41.3 Å². The van der Waals surface area contributed by atoms with E-state index < -0.39 is 0 Å². The van der Waals surface area contributed by atoms with Gasteiger partial charge in [-0.05, 0) is 42.5 Å². The Balaban J connectivity index is 1.93. The molecule has 3 rings (SSSR count). The minimum Gasteiger partial charge on any atom is -0.493 e. The number of hydrogen-bond acceptors (Lipinski definition) is 7. The molecule has 7 nitrogen and oxygen atoms in total. The van der Waals surface area contributed by atoms with Crippen molar-refractivity contribution in [1.82, 2.24) is 0 Å². The van der Waals surface area contributed by atoms with Gasteiger partial charge in [0.05, 0.1) is 31.9 Å². The van der Waals surface area contributed by atoms with E-state index in [2.05, 4.69) is 5.32 Å². The molecule has 2 aromatic carbocycles. The number of benzene rings is 2. The summed E-state index contributed by atoms with van der Waals surface area (Å²) in [6, 6.07) is 10.4. The van der Waals surface area contributed by atoms with Crippen LogP contribution in [0.3, 0.4) is 0 Å². The van der Waals surface area contributed by atoms with Crippen molar-refractivity contribution in [2.45, 2.75) is 6.92 Å². The van der Waals surface area contributed by atoms with E-state index in [1.807, 2.05) is 0 Å². The minimum absolute atomic E-state index is 0.167. The van der Waals surface area contributed by atoms with Crippen LogP contribution in [0.2, 0.25) is 0 Å². The van der Waals surface area contributed by atoms with Gasteiger partial charge in [-0.1, -0.05) is 24.0 Å². The van der Waals surface area contributed by atoms with Crippen LogP contribution in [-0.4, -0.2) is 37.5 Å². The van der Waals surface area contributed by atoms with Crippen molar-refractivity contribution in [1.29, 1.82) is 0 Å². The average molecular weight is 445 g/mol. The number of nitrogens with one attached hydrogen (secondary N) is 1. The molecule has 0 unspecified atom stereocenters. The molecule has 0 saturated carbocycles. The summed E-state index contributed by atoms with van der Waals surface area (Å²) in [5.41, 5.74) is 1.92. The normalized spacial score (nSPS) is 14.8. The van der Waals surface area contributed by atoms with E-state index in [4.69, 9.17) is 26.4 Å². The van der Waals surface area contributed by atoms with E-state index in [0.717, 1.165) is 0 Å². The molecule has 0 spiro atoms. The highest BCUT2D eigenvalue weighted by Crippen LogP contribution is 2.43. The maximum Gasteiger partial charge on any atom is 0.270 e. The number of thiocarbonyl (C=S) groups is 1. The molecule has 1 fully saturated rings. The molecular weight excluding hydrogens is 424 g/mol. The standard InChI is InChI=1S/C21H20N2O5S2/c1-12(24)22-14-6-8-15(9-7-14)23-20(25)17(30-21(23)29)11-13-5-10-16(26-2)19(28-4)18(13)27-3/h5-11H,1-4H3,(H,22,24)/b17-11-. The van der Waals surface area contributed by atoms with Gasteiger partial charge >= 0.3 is 0 Å². The second-order valence-corrected chi connectivity index (χ2v) is 7.84. The first-order valence-electron chi connectivity index (χ1n) is 8.84. The molecule has 0 radical (unpaired) electrons. The topological polar surface area (TPSA) is 77.1 Å². The Morgan fingerprint density at radius 1 is 1.03 bits per heavy atom. The fraction of sp³-hybridized carbons (Fsp3) is 0.190. The van der Waals surface area contributed by atoms with E-state index in [-0.39, 0.29) is 11.8 Å². The quantitative estimate of drug-likeness (QED) is 0.531. The van der Waals surface area contributed by atoms with Crippen molar-refractivity contribution in [2.75, 3.05) is 31.5 Å². The number of thioether (sulfide) groups is 1. The fourth-order valence-corrected chi connectivity index (χ4v) is 4.26. The van der Waals surface area contributed by atoms with Gasteiger partial charge in [0, 0.05) is 18.2 Å². The number of anilines is 2. The van der Waals surface area contributed by atoms with Crippen LogP contribution in [0, 0.1) is 0 Å². The highest BCUT2D eigenvalue weighted by atomic mass is 32.2. The number of methoxy groups -OCH3 is 3. The van der Waals surface area contributed by atoms with Gasteiger partial charge in [-0.2, -0.15) is 0 Å². The summed E-state index contributed by atoms with van der Waals surface area (Å²) in [6.07, 6.45) is 1.71. The van der Waals surface area contributed by atoms with Crippen molar-refractivity contribution in [3.63, 3.8) is 0 Å². The van der Waals surface area contributed by atoms with E-state index in [9.17, 15) is 9.59 Å². The van der Waals surface area contributed by atoms with Gasteiger partial charge in [0.25, 0.3) is 5.91 Å². The van der Waals surface area contributed by atoms with Gasteiger partial charge in [-0.15, -0.1) is 0 Å². The lowest BCUT2D eigenvalue weighted by molar-refractivity contribution is -0.114. The van der Waals surface area contributed by atoms with Crippen LogP contribution in [-0.2, 0) is 9.59 Å². The summed E-state index contributed by atoms with van der Waals surface area (Å²) in [5.74, 6) is 1.02. The molecule has 0 atom stereocenters. The monoisotopic (exact) mass is 444 g/mol. The summed E-state index contributed by atoms with van der Waals surface area (Å²) >= 11 is 6.63. The smallest absolute Gasteiger partial charge is 0.270 e. The Labute approximate surface area is 184 Å². The Bertz CT molecular complexity index is 1030. The zero-order chi connectivity index (χ0) is 21.8. The molecule has 156 valence electrons. The highest BCUT2D eigenvalue weighted by Gasteiger charge is 2.33.